The van der Waals surface area contributed by atoms with Gasteiger partial charge < -0.3 is 39.4 Å². The number of hydrogen-bond acceptors (Lipinski definition) is 4. The Balaban J connectivity index is 4.77. The van der Waals surface area contributed by atoms with Crippen LogP contribution in [0.15, 0.2) is 0 Å². The Bertz CT molecular complexity index is 435. The van der Waals surface area contributed by atoms with Gasteiger partial charge in [-0.15, -0.1) is 0 Å². The van der Waals surface area contributed by atoms with Gasteiger partial charge in [0.15, 0.2) is 18.3 Å². The van der Waals surface area contributed by atoms with Crippen molar-refractivity contribution in [3.63, 3.8) is 0 Å². The van der Waals surface area contributed by atoms with E-state index in [-0.39, 0.29) is 0 Å². The molecule has 8 nitrogen and oxygen atoms in total. The second kappa shape index (κ2) is 12.5. The molecule has 0 bridgehead atoms. The molecular weight excluding hydrogens is 370 g/mol. The maximum atomic E-state index is 10.8. The molecule has 0 aliphatic heterocycles. The van der Waals surface area contributed by atoms with Crippen LogP contribution < -0.4 is 10.6 Å². The highest BCUT2D eigenvalue weighted by atomic mass is 16.3. The van der Waals surface area contributed by atoms with Gasteiger partial charge in [-0.25, -0.2) is 0 Å². The van der Waals surface area contributed by atoms with Crippen molar-refractivity contribution < 1.29 is 33.7 Å². The second-order valence-electron chi connectivity index (χ2n) is 11.6. The molecule has 6 N–H and O–H groups in total. The molecule has 0 spiro atoms. The summed E-state index contributed by atoms with van der Waals surface area (Å²) in [5.74, 6) is 0. The molecule has 0 rings (SSSR count). The van der Waals surface area contributed by atoms with Gasteiger partial charge in [0.2, 0.25) is 0 Å². The summed E-state index contributed by atoms with van der Waals surface area (Å²) in [6.45, 7) is 5.38. The molecular formula is C21H53N5O3+4. The van der Waals surface area contributed by atoms with Crippen LogP contribution in [-0.4, -0.2) is 156 Å². The zero-order valence-electron chi connectivity index (χ0n) is 20.6. The third-order valence-electron chi connectivity index (χ3n) is 4.96. The first-order valence-electron chi connectivity index (χ1n) is 11.0. The van der Waals surface area contributed by atoms with Gasteiger partial charge >= 0.3 is 0 Å². The average molecular weight is 424 g/mol. The molecule has 0 saturated carbocycles. The number of quaternary nitrogens is 4. The number of aliphatic hydroxyl groups excluding tert-OH is 3. The van der Waals surface area contributed by atoms with Crippen molar-refractivity contribution in [3.8, 4) is 0 Å². The SMILES string of the molecule is C[N+](C)(C)CC(O)C[NH+](CCCCN)CC(O)C[N+](C)(C)CC(O)C[N+](C)(C)C. The van der Waals surface area contributed by atoms with Crippen LogP contribution in [0, 0.1) is 0 Å². The van der Waals surface area contributed by atoms with Gasteiger partial charge in [0.05, 0.1) is 62.9 Å². The molecule has 0 heterocycles. The molecule has 0 aromatic rings. The standard InChI is InChI=1S/C21H52N5O3/c1-24(2,3)15-19(27)13-23(12-10-9-11-22)14-20(28)17-26(7,8)18-21(29)16-25(4,5)6/h19-21,27-29H,9-18,22H2,1-8H3/q+3/p+1. The highest BCUT2D eigenvalue weighted by molar-refractivity contribution is 4.58. The minimum atomic E-state index is -0.481. The van der Waals surface area contributed by atoms with E-state index in [1.165, 1.54) is 4.90 Å². The number of aliphatic hydroxyl groups is 3. The molecule has 0 aromatic carbocycles. The summed E-state index contributed by atoms with van der Waals surface area (Å²) in [6.07, 6.45) is 0.672. The summed E-state index contributed by atoms with van der Waals surface area (Å²) in [7, 11) is 16.6. The van der Waals surface area contributed by atoms with Gasteiger partial charge in [0.1, 0.15) is 39.3 Å². The van der Waals surface area contributed by atoms with E-state index in [1.807, 2.05) is 0 Å². The maximum absolute atomic E-state index is 10.8. The highest BCUT2D eigenvalue weighted by Crippen LogP contribution is 2.05. The van der Waals surface area contributed by atoms with Crippen LogP contribution >= 0.6 is 0 Å². The molecule has 0 saturated heterocycles. The lowest BCUT2D eigenvalue weighted by molar-refractivity contribution is -0.930. The number of unbranched alkanes of at least 4 members (excludes halogenated alkanes) is 1. The molecule has 4 atom stereocenters. The van der Waals surface area contributed by atoms with Gasteiger partial charge in [-0.05, 0) is 19.4 Å². The van der Waals surface area contributed by atoms with Gasteiger partial charge in [-0.3, -0.25) is 0 Å². The Morgan fingerprint density at radius 2 is 1.07 bits per heavy atom. The smallest absolute Gasteiger partial charge is 0.152 e. The van der Waals surface area contributed by atoms with Crippen LogP contribution in [0.2, 0.25) is 0 Å². The number of nitrogens with two attached hydrogens (primary N) is 1. The fraction of sp³-hybridized carbons (Fsp3) is 1.00. The van der Waals surface area contributed by atoms with Crippen molar-refractivity contribution in [1.82, 2.24) is 0 Å². The van der Waals surface area contributed by atoms with E-state index in [0.29, 0.717) is 59.3 Å². The molecule has 29 heavy (non-hydrogen) atoms. The summed E-state index contributed by atoms with van der Waals surface area (Å²) in [4.78, 5) is 1.22. The zero-order valence-corrected chi connectivity index (χ0v) is 20.6. The first-order valence-corrected chi connectivity index (χ1v) is 11.0. The Morgan fingerprint density at radius 1 is 0.655 bits per heavy atom. The lowest BCUT2D eigenvalue weighted by atomic mass is 10.2. The third-order valence-corrected chi connectivity index (χ3v) is 4.96. The summed E-state index contributed by atoms with van der Waals surface area (Å²) in [5.41, 5.74) is 5.64. The number of hydrogen-bond donors (Lipinski definition) is 5. The van der Waals surface area contributed by atoms with Crippen molar-refractivity contribution in [1.29, 1.82) is 0 Å². The van der Waals surface area contributed by atoms with Gasteiger partial charge in [0, 0.05) is 0 Å². The quantitative estimate of drug-likeness (QED) is 0.137. The molecule has 176 valence electrons. The maximum Gasteiger partial charge on any atom is 0.152 e. The molecule has 4 unspecified atom stereocenters. The molecule has 0 radical (unpaired) electrons. The summed E-state index contributed by atoms with van der Waals surface area (Å²) in [5, 5.41) is 31.7. The van der Waals surface area contributed by atoms with Gasteiger partial charge in [0.25, 0.3) is 0 Å². The largest absolute Gasteiger partial charge is 0.382 e. The number of nitrogens with one attached hydrogen (secondary N) is 1. The highest BCUT2D eigenvalue weighted by Gasteiger charge is 2.30. The van der Waals surface area contributed by atoms with E-state index in [4.69, 9.17) is 5.73 Å². The number of rotatable bonds is 16. The molecule has 0 amide bonds. The predicted octanol–water partition coefficient (Wildman–Crippen LogP) is -2.82. The Kier molecular flexibility index (Phi) is 12.4. The summed E-state index contributed by atoms with van der Waals surface area (Å²) >= 11 is 0. The summed E-state index contributed by atoms with van der Waals surface area (Å²) < 4.78 is 2.00. The first kappa shape index (κ1) is 28.7. The van der Waals surface area contributed by atoms with E-state index < -0.39 is 18.3 Å². The van der Waals surface area contributed by atoms with Crippen molar-refractivity contribution in [2.24, 2.45) is 5.73 Å². The van der Waals surface area contributed by atoms with Crippen LogP contribution in [0.5, 0.6) is 0 Å². The monoisotopic (exact) mass is 423 g/mol. The average Bonchev–Trinajstić information content (AvgIpc) is 2.41. The Hall–Kier alpha value is -0.320. The lowest BCUT2D eigenvalue weighted by Gasteiger charge is -2.36. The second-order valence-corrected chi connectivity index (χ2v) is 11.6. The van der Waals surface area contributed by atoms with Crippen molar-refractivity contribution in [3.05, 3.63) is 0 Å². The molecule has 0 aromatic heterocycles. The van der Waals surface area contributed by atoms with E-state index >= 15 is 0 Å². The third kappa shape index (κ3) is 17.1. The van der Waals surface area contributed by atoms with Crippen molar-refractivity contribution in [2.75, 3.05) is 109 Å². The van der Waals surface area contributed by atoms with Crippen LogP contribution in [0.4, 0.5) is 0 Å². The van der Waals surface area contributed by atoms with Crippen LogP contribution in [0.1, 0.15) is 12.8 Å². The fourth-order valence-electron chi connectivity index (χ4n) is 4.14. The number of likely N-dealkylation sites (N-methyl/N-ethyl adjacent to an activating group) is 3. The van der Waals surface area contributed by atoms with Gasteiger partial charge in [-0.1, -0.05) is 0 Å². The normalized spacial score (nSPS) is 17.8. The van der Waals surface area contributed by atoms with Gasteiger partial charge in [-0.2, -0.15) is 0 Å². The topological polar surface area (TPSA) is 91.2 Å². The van der Waals surface area contributed by atoms with Crippen LogP contribution in [0.25, 0.3) is 0 Å². The fourth-order valence-corrected chi connectivity index (χ4v) is 4.14. The zero-order chi connectivity index (χ0) is 22.9. The van der Waals surface area contributed by atoms with Crippen LogP contribution in [0.3, 0.4) is 0 Å². The van der Waals surface area contributed by atoms with E-state index in [1.54, 1.807) is 0 Å². The molecule has 0 aliphatic rings. The number of nitrogens with zero attached hydrogens (tertiary/aromatic N) is 3. The van der Waals surface area contributed by atoms with Crippen molar-refractivity contribution >= 4 is 0 Å². The van der Waals surface area contributed by atoms with E-state index in [0.717, 1.165) is 19.4 Å². The molecule has 0 fully saturated rings. The molecule has 0 aliphatic carbocycles. The van der Waals surface area contributed by atoms with E-state index in [2.05, 4.69) is 56.4 Å². The molecule has 8 heteroatoms. The Labute approximate surface area is 179 Å². The minimum absolute atomic E-state index is 0.399. The Morgan fingerprint density at radius 3 is 1.52 bits per heavy atom. The first-order chi connectivity index (χ1) is 13.0. The van der Waals surface area contributed by atoms with E-state index in [9.17, 15) is 15.3 Å². The predicted molar refractivity (Wildman–Crippen MR) is 120 cm³/mol. The lowest BCUT2D eigenvalue weighted by Crippen LogP contribution is -3.14. The minimum Gasteiger partial charge on any atom is -0.382 e. The summed E-state index contributed by atoms with van der Waals surface area (Å²) in [6, 6.07) is 0. The van der Waals surface area contributed by atoms with Crippen LogP contribution in [-0.2, 0) is 0 Å². The van der Waals surface area contributed by atoms with Crippen molar-refractivity contribution in [2.45, 2.75) is 31.2 Å².